The second-order valence-corrected chi connectivity index (χ2v) is 4.14. The number of piperazine rings is 1. The summed E-state index contributed by atoms with van der Waals surface area (Å²) < 4.78 is 1.19. The molecule has 2 rings (SSSR count). The van der Waals surface area contributed by atoms with Crippen molar-refractivity contribution in [3.63, 3.8) is 0 Å². The molecule has 0 aliphatic carbocycles. The Balaban J connectivity index is 0.00000180. The van der Waals surface area contributed by atoms with Crippen LogP contribution in [0, 0.1) is 10.1 Å². The zero-order valence-corrected chi connectivity index (χ0v) is 11.2. The van der Waals surface area contributed by atoms with Crippen molar-refractivity contribution in [1.82, 2.24) is 25.0 Å². The van der Waals surface area contributed by atoms with E-state index in [1.807, 2.05) is 6.92 Å². The highest BCUT2D eigenvalue weighted by Crippen LogP contribution is 2.05. The number of carbonyl (C=O) groups excluding carboxylic acids is 1. The maximum Gasteiger partial charge on any atom is 0.490 e. The lowest BCUT2D eigenvalue weighted by Gasteiger charge is -2.33. The van der Waals surface area contributed by atoms with Crippen molar-refractivity contribution in [2.75, 3.05) is 19.6 Å². The molecule has 1 aliphatic heterocycles. The number of nitro groups is 1. The Kier molecular flexibility index (Phi) is 5.19. The SMILES string of the molecule is C[C@H]1CNCCN1C(=O)Cn1cnc([N+](=O)[O-])n1.Cl. The Morgan fingerprint density at radius 3 is 3.00 bits per heavy atom. The number of hydrogen-bond donors (Lipinski definition) is 1. The molecule has 9 nitrogen and oxygen atoms in total. The Morgan fingerprint density at radius 1 is 1.68 bits per heavy atom. The van der Waals surface area contributed by atoms with Crippen LogP contribution in [0.2, 0.25) is 0 Å². The van der Waals surface area contributed by atoms with Gasteiger partial charge in [-0.15, -0.1) is 12.4 Å². The van der Waals surface area contributed by atoms with Crippen LogP contribution in [0.25, 0.3) is 0 Å². The quantitative estimate of drug-likeness (QED) is 0.590. The number of amides is 1. The Bertz CT molecular complexity index is 465. The Morgan fingerprint density at radius 2 is 2.42 bits per heavy atom. The minimum atomic E-state index is -0.686. The van der Waals surface area contributed by atoms with E-state index in [4.69, 9.17) is 0 Å². The zero-order valence-electron chi connectivity index (χ0n) is 10.4. The molecule has 0 spiro atoms. The van der Waals surface area contributed by atoms with Gasteiger partial charge in [0.2, 0.25) is 12.2 Å². The molecule has 2 heterocycles. The highest BCUT2D eigenvalue weighted by atomic mass is 35.5. The first-order chi connectivity index (χ1) is 8.58. The molecule has 1 aromatic rings. The van der Waals surface area contributed by atoms with Gasteiger partial charge in [-0.1, -0.05) is 4.98 Å². The summed E-state index contributed by atoms with van der Waals surface area (Å²) in [5, 5.41) is 17.2. The molecule has 1 N–H and O–H groups in total. The highest BCUT2D eigenvalue weighted by molar-refractivity contribution is 5.85. The van der Waals surface area contributed by atoms with Gasteiger partial charge in [0.05, 0.1) is 0 Å². The van der Waals surface area contributed by atoms with Gasteiger partial charge in [-0.3, -0.25) is 4.79 Å². The number of nitrogens with zero attached hydrogens (tertiary/aromatic N) is 5. The molecular formula is C9H15ClN6O3. The lowest BCUT2D eigenvalue weighted by atomic mass is 10.2. The summed E-state index contributed by atoms with van der Waals surface area (Å²) in [5.74, 6) is -0.597. The van der Waals surface area contributed by atoms with Gasteiger partial charge in [0.25, 0.3) is 0 Å². The van der Waals surface area contributed by atoms with Crippen molar-refractivity contribution in [1.29, 1.82) is 0 Å². The molecule has 1 aromatic heterocycles. The summed E-state index contributed by atoms with van der Waals surface area (Å²) in [5.41, 5.74) is 0. The number of carbonyl (C=O) groups is 1. The van der Waals surface area contributed by atoms with E-state index >= 15 is 0 Å². The van der Waals surface area contributed by atoms with Crippen molar-refractivity contribution in [2.45, 2.75) is 19.5 Å². The summed E-state index contributed by atoms with van der Waals surface area (Å²) in [6.45, 7) is 4.08. The van der Waals surface area contributed by atoms with Crippen LogP contribution >= 0.6 is 12.4 Å². The number of aromatic nitrogens is 3. The predicted molar refractivity (Wildman–Crippen MR) is 68.0 cm³/mol. The summed E-state index contributed by atoms with van der Waals surface area (Å²) in [7, 11) is 0. The number of rotatable bonds is 3. The van der Waals surface area contributed by atoms with Crippen molar-refractivity contribution in [2.24, 2.45) is 0 Å². The zero-order chi connectivity index (χ0) is 13.1. The van der Waals surface area contributed by atoms with Gasteiger partial charge >= 0.3 is 5.95 Å². The first kappa shape index (κ1) is 15.3. The van der Waals surface area contributed by atoms with E-state index in [9.17, 15) is 14.9 Å². The van der Waals surface area contributed by atoms with Crippen LogP contribution in [0.3, 0.4) is 0 Å². The van der Waals surface area contributed by atoms with Crippen LogP contribution in [-0.4, -0.2) is 56.2 Å². The standard InChI is InChI=1S/C9H14N6O3.ClH/c1-7-4-10-2-3-14(7)8(16)5-13-6-11-9(12-13)15(17)18;/h6-7,10H,2-5H2,1H3;1H/t7-;/m0./s1. The fourth-order valence-corrected chi connectivity index (χ4v) is 1.89. The third kappa shape index (κ3) is 3.61. The second kappa shape index (κ2) is 6.43. The molecule has 1 aliphatic rings. The molecule has 19 heavy (non-hydrogen) atoms. The van der Waals surface area contributed by atoms with E-state index in [0.717, 1.165) is 13.1 Å². The van der Waals surface area contributed by atoms with E-state index in [1.165, 1.54) is 11.0 Å². The third-order valence-corrected chi connectivity index (χ3v) is 2.81. The van der Waals surface area contributed by atoms with Gasteiger partial charge in [0.15, 0.2) is 0 Å². The van der Waals surface area contributed by atoms with Crippen molar-refractivity contribution >= 4 is 24.3 Å². The molecule has 0 saturated carbocycles. The fraction of sp³-hybridized carbons (Fsp3) is 0.667. The highest BCUT2D eigenvalue weighted by Gasteiger charge is 2.24. The average molecular weight is 291 g/mol. The van der Waals surface area contributed by atoms with Crippen LogP contribution in [-0.2, 0) is 11.3 Å². The largest absolute Gasteiger partial charge is 0.490 e. The lowest BCUT2D eigenvalue weighted by Crippen LogP contribution is -2.53. The monoisotopic (exact) mass is 290 g/mol. The Labute approximate surface area is 115 Å². The molecule has 0 unspecified atom stereocenters. The summed E-state index contributed by atoms with van der Waals surface area (Å²) in [6, 6.07) is 0.116. The number of nitrogens with one attached hydrogen (secondary N) is 1. The molecule has 1 fully saturated rings. The fourth-order valence-electron chi connectivity index (χ4n) is 1.89. The predicted octanol–water partition coefficient (Wildman–Crippen LogP) is -0.572. The maximum absolute atomic E-state index is 12.0. The molecule has 1 saturated heterocycles. The topological polar surface area (TPSA) is 106 Å². The van der Waals surface area contributed by atoms with Gasteiger partial charge in [0.1, 0.15) is 6.54 Å². The van der Waals surface area contributed by atoms with Crippen LogP contribution < -0.4 is 5.32 Å². The number of halogens is 1. The molecule has 0 radical (unpaired) electrons. The van der Waals surface area contributed by atoms with Crippen LogP contribution in [0.1, 0.15) is 6.92 Å². The minimum Gasteiger partial charge on any atom is -0.390 e. The van der Waals surface area contributed by atoms with Crippen LogP contribution in [0.4, 0.5) is 5.95 Å². The molecular weight excluding hydrogens is 276 g/mol. The van der Waals surface area contributed by atoms with E-state index in [1.54, 1.807) is 4.90 Å². The first-order valence-electron chi connectivity index (χ1n) is 5.62. The number of hydrogen-bond acceptors (Lipinski definition) is 6. The average Bonchev–Trinajstić information content (AvgIpc) is 2.78. The van der Waals surface area contributed by atoms with E-state index in [-0.39, 0.29) is 30.9 Å². The summed E-state index contributed by atoms with van der Waals surface area (Å²) in [6.07, 6.45) is 1.20. The first-order valence-corrected chi connectivity index (χ1v) is 5.62. The van der Waals surface area contributed by atoms with Crippen molar-refractivity contribution in [3.8, 4) is 0 Å². The van der Waals surface area contributed by atoms with E-state index in [2.05, 4.69) is 15.4 Å². The van der Waals surface area contributed by atoms with Crippen molar-refractivity contribution < 1.29 is 9.72 Å². The minimum absolute atomic E-state index is 0. The Hall–Kier alpha value is -1.74. The molecule has 106 valence electrons. The summed E-state index contributed by atoms with van der Waals surface area (Å²) in [4.78, 5) is 27.0. The van der Waals surface area contributed by atoms with E-state index < -0.39 is 10.9 Å². The molecule has 10 heteroatoms. The lowest BCUT2D eigenvalue weighted by molar-refractivity contribution is -0.394. The molecule has 0 bridgehead atoms. The summed E-state index contributed by atoms with van der Waals surface area (Å²) >= 11 is 0. The van der Waals surface area contributed by atoms with Gasteiger partial charge in [0, 0.05) is 30.8 Å². The van der Waals surface area contributed by atoms with Gasteiger partial charge in [-0.05, 0) is 11.8 Å². The van der Waals surface area contributed by atoms with Crippen LogP contribution in [0.5, 0.6) is 0 Å². The molecule has 1 atom stereocenters. The van der Waals surface area contributed by atoms with Gasteiger partial charge < -0.3 is 20.3 Å². The van der Waals surface area contributed by atoms with Gasteiger partial charge in [-0.25, -0.2) is 0 Å². The second-order valence-electron chi connectivity index (χ2n) is 4.14. The normalized spacial score (nSPS) is 18.8. The third-order valence-electron chi connectivity index (χ3n) is 2.81. The van der Waals surface area contributed by atoms with E-state index in [0.29, 0.717) is 6.54 Å². The van der Waals surface area contributed by atoms with Crippen LogP contribution in [0.15, 0.2) is 6.33 Å². The molecule has 0 aromatic carbocycles. The van der Waals surface area contributed by atoms with Crippen molar-refractivity contribution in [3.05, 3.63) is 16.4 Å². The van der Waals surface area contributed by atoms with Gasteiger partial charge in [-0.2, -0.15) is 4.68 Å². The smallest absolute Gasteiger partial charge is 0.390 e. The maximum atomic E-state index is 12.0. The molecule has 1 amide bonds.